The number of fused-ring (bicyclic) bond motifs is 1. The van der Waals surface area contributed by atoms with Gasteiger partial charge in [-0.05, 0) is 61.7 Å². The fourth-order valence-electron chi connectivity index (χ4n) is 4.44. The average Bonchev–Trinajstić information content (AvgIpc) is 3.77. The van der Waals surface area contributed by atoms with E-state index in [-0.39, 0.29) is 17.5 Å². The number of aryl methyl sites for hydroxylation is 1. The van der Waals surface area contributed by atoms with Crippen LogP contribution in [0.3, 0.4) is 0 Å². The van der Waals surface area contributed by atoms with E-state index in [9.17, 15) is 14.7 Å². The molecule has 1 aliphatic carbocycles. The molecule has 3 heterocycles. The van der Waals surface area contributed by atoms with Gasteiger partial charge >= 0.3 is 13.4 Å². The Morgan fingerprint density at radius 3 is 2.40 bits per heavy atom. The second-order valence-electron chi connectivity index (χ2n) is 8.92. The van der Waals surface area contributed by atoms with Crippen LogP contribution in [0, 0.1) is 17.0 Å². The lowest BCUT2D eigenvalue weighted by Crippen LogP contribution is -2.11. The van der Waals surface area contributed by atoms with Crippen molar-refractivity contribution in [2.45, 2.75) is 25.9 Å². The van der Waals surface area contributed by atoms with Crippen molar-refractivity contribution in [2.75, 3.05) is 26.2 Å². The van der Waals surface area contributed by atoms with Gasteiger partial charge in [0.25, 0.3) is 0 Å². The van der Waals surface area contributed by atoms with Crippen molar-refractivity contribution in [1.82, 2.24) is 19.3 Å². The molecule has 3 aliphatic rings. The zero-order valence-electron chi connectivity index (χ0n) is 19.2. The number of benzene rings is 2. The zero-order valence-corrected chi connectivity index (χ0v) is 20.1. The van der Waals surface area contributed by atoms with Gasteiger partial charge in [-0.1, -0.05) is 0 Å². The van der Waals surface area contributed by atoms with E-state index in [1.807, 2.05) is 34.5 Å². The summed E-state index contributed by atoms with van der Waals surface area (Å²) in [5.41, 5.74) is 3.13. The smallest absolute Gasteiger partial charge is 0.346 e. The molecule has 0 saturated carbocycles. The number of nitrogens with zero attached hydrogens (tertiary/aromatic N) is 5. The molecule has 0 radical (unpaired) electrons. The fourth-order valence-corrected chi connectivity index (χ4v) is 6.80. The molecule has 6 rings (SSSR count). The van der Waals surface area contributed by atoms with Crippen LogP contribution in [0.5, 0.6) is 11.5 Å². The highest BCUT2D eigenvalue weighted by Gasteiger charge is 2.51. The highest BCUT2D eigenvalue weighted by Crippen LogP contribution is 2.64. The van der Waals surface area contributed by atoms with E-state index in [0.717, 1.165) is 48.6 Å². The van der Waals surface area contributed by atoms with Gasteiger partial charge < -0.3 is 4.74 Å². The minimum absolute atomic E-state index is 0.101. The highest BCUT2D eigenvalue weighted by molar-refractivity contribution is 7.54. The quantitative estimate of drug-likeness (QED) is 0.187. The third kappa shape index (κ3) is 4.23. The van der Waals surface area contributed by atoms with E-state index in [1.165, 1.54) is 6.07 Å². The van der Waals surface area contributed by atoms with Crippen molar-refractivity contribution in [1.29, 1.82) is 0 Å². The first-order valence-corrected chi connectivity index (χ1v) is 13.1. The van der Waals surface area contributed by atoms with Crippen molar-refractivity contribution >= 4 is 13.4 Å². The Morgan fingerprint density at radius 2 is 1.77 bits per heavy atom. The van der Waals surface area contributed by atoms with E-state index in [1.54, 1.807) is 24.4 Å². The van der Waals surface area contributed by atoms with Crippen LogP contribution >= 0.6 is 7.67 Å². The molecule has 35 heavy (non-hydrogen) atoms. The van der Waals surface area contributed by atoms with Crippen molar-refractivity contribution in [2.24, 2.45) is 0 Å². The molecule has 11 heteroatoms. The maximum absolute atomic E-state index is 13.5. The molecule has 180 valence electrons. The molecule has 1 aromatic heterocycles. The SMILES string of the molecule is Cc1ccnc(-c2ccc(Oc3c([N+](=O)[O-])ccc4c3CCC4OP(=O)(N3CC3)N3CC3)cc2)n1. The Kier molecular flexibility index (Phi) is 5.41. The summed E-state index contributed by atoms with van der Waals surface area (Å²) in [4.78, 5) is 20.1. The van der Waals surface area contributed by atoms with Gasteiger partial charge in [-0.3, -0.25) is 19.2 Å². The Morgan fingerprint density at radius 1 is 1.06 bits per heavy atom. The fraction of sp³-hybridized carbons (Fsp3) is 0.333. The first kappa shape index (κ1) is 22.3. The Bertz CT molecular complexity index is 1340. The number of ether oxygens (including phenoxy) is 1. The summed E-state index contributed by atoms with van der Waals surface area (Å²) in [7, 11) is -3.02. The topological polar surface area (TPSA) is 110 Å². The largest absolute Gasteiger partial charge is 0.450 e. The molecule has 2 saturated heterocycles. The molecule has 0 spiro atoms. The molecule has 10 nitrogen and oxygen atoms in total. The normalized spacial score (nSPS) is 19.4. The summed E-state index contributed by atoms with van der Waals surface area (Å²) in [5.74, 6) is 1.29. The zero-order chi connectivity index (χ0) is 24.2. The number of nitro benzene ring substituents is 1. The van der Waals surface area contributed by atoms with Gasteiger partial charge in [-0.2, -0.15) is 0 Å². The third-order valence-electron chi connectivity index (χ3n) is 6.43. The van der Waals surface area contributed by atoms with E-state index >= 15 is 0 Å². The molecule has 0 amide bonds. The van der Waals surface area contributed by atoms with Crippen molar-refractivity contribution < 1.29 is 18.7 Å². The van der Waals surface area contributed by atoms with Gasteiger partial charge in [0.1, 0.15) is 5.75 Å². The summed E-state index contributed by atoms with van der Waals surface area (Å²) < 4.78 is 29.6. The lowest BCUT2D eigenvalue weighted by molar-refractivity contribution is -0.385. The van der Waals surface area contributed by atoms with Crippen molar-refractivity contribution in [3.8, 4) is 22.9 Å². The van der Waals surface area contributed by atoms with Crippen LogP contribution in [-0.4, -0.2) is 50.4 Å². The summed E-state index contributed by atoms with van der Waals surface area (Å²) in [6.07, 6.45) is 2.46. The van der Waals surface area contributed by atoms with Crippen LogP contribution < -0.4 is 4.74 Å². The number of aromatic nitrogens is 2. The van der Waals surface area contributed by atoms with E-state index in [0.29, 0.717) is 24.4 Å². The van der Waals surface area contributed by atoms with Crippen LogP contribution in [0.15, 0.2) is 48.7 Å². The van der Waals surface area contributed by atoms with Gasteiger partial charge in [-0.25, -0.2) is 19.3 Å². The summed E-state index contributed by atoms with van der Waals surface area (Å²) in [5, 5.41) is 11.8. The van der Waals surface area contributed by atoms with E-state index < -0.39 is 12.6 Å². The van der Waals surface area contributed by atoms with Gasteiger partial charge in [0, 0.05) is 55.3 Å². The van der Waals surface area contributed by atoms with E-state index in [2.05, 4.69) is 9.97 Å². The highest BCUT2D eigenvalue weighted by atomic mass is 31.2. The average molecular weight is 493 g/mol. The van der Waals surface area contributed by atoms with Crippen LogP contribution in [0.25, 0.3) is 11.4 Å². The van der Waals surface area contributed by atoms with Crippen molar-refractivity contribution in [3.05, 3.63) is 75.6 Å². The summed E-state index contributed by atoms with van der Waals surface area (Å²) in [6, 6.07) is 12.2. The lowest BCUT2D eigenvalue weighted by atomic mass is 10.1. The van der Waals surface area contributed by atoms with Gasteiger partial charge in [0.15, 0.2) is 5.82 Å². The number of nitro groups is 1. The van der Waals surface area contributed by atoms with Crippen LogP contribution in [0.4, 0.5) is 5.69 Å². The Hall–Kier alpha value is -3.17. The predicted molar refractivity (Wildman–Crippen MR) is 128 cm³/mol. The van der Waals surface area contributed by atoms with Gasteiger partial charge in [0.2, 0.25) is 5.75 Å². The van der Waals surface area contributed by atoms with Gasteiger partial charge in [-0.15, -0.1) is 0 Å². The molecular weight excluding hydrogens is 469 g/mol. The van der Waals surface area contributed by atoms with Crippen LogP contribution in [-0.2, 0) is 15.5 Å². The second-order valence-corrected chi connectivity index (χ2v) is 11.2. The standard InChI is InChI=1S/C24H24N5O5P/c1-16-10-11-25-24(26-16)17-2-4-18(5-3-17)33-23-20-7-9-22(19(20)6-8-21(23)29(30)31)34-35(32,27-12-13-27)28-14-15-28/h2-6,8,10-11,22H,7,9,12-15H2,1H3. The van der Waals surface area contributed by atoms with Gasteiger partial charge in [0.05, 0.1) is 11.0 Å². The first-order valence-electron chi connectivity index (χ1n) is 11.6. The molecule has 2 aromatic carbocycles. The maximum Gasteiger partial charge on any atom is 0.346 e. The molecule has 0 bridgehead atoms. The van der Waals surface area contributed by atoms with Crippen molar-refractivity contribution in [3.63, 3.8) is 0 Å². The number of rotatable bonds is 8. The third-order valence-corrected chi connectivity index (χ3v) is 9.19. The summed E-state index contributed by atoms with van der Waals surface area (Å²) >= 11 is 0. The Labute approximate surface area is 202 Å². The van der Waals surface area contributed by atoms with E-state index in [4.69, 9.17) is 9.26 Å². The molecule has 1 atom stereocenters. The molecule has 2 fully saturated rings. The Balaban J connectivity index is 1.29. The second kappa shape index (κ2) is 8.49. The molecule has 1 unspecified atom stereocenters. The molecular formula is C24H24N5O5P. The maximum atomic E-state index is 13.5. The predicted octanol–water partition coefficient (Wildman–Crippen LogP) is 4.90. The lowest BCUT2D eigenvalue weighted by Gasteiger charge is -2.24. The van der Waals surface area contributed by atoms with Crippen LogP contribution in [0.1, 0.15) is 29.3 Å². The molecule has 0 N–H and O–H groups in total. The first-order chi connectivity index (χ1) is 16.9. The monoisotopic (exact) mass is 493 g/mol. The van der Waals surface area contributed by atoms with Crippen LogP contribution in [0.2, 0.25) is 0 Å². The number of hydrogen-bond donors (Lipinski definition) is 0. The summed E-state index contributed by atoms with van der Waals surface area (Å²) in [6.45, 7) is 4.98. The number of hydrogen-bond acceptors (Lipinski definition) is 7. The molecule has 2 aliphatic heterocycles. The minimum Gasteiger partial charge on any atom is -0.450 e. The minimum atomic E-state index is -3.02. The molecule has 3 aromatic rings.